The quantitative estimate of drug-likeness (QED) is 0.882. The van der Waals surface area contributed by atoms with Gasteiger partial charge in [0.15, 0.2) is 0 Å². The number of hydrogen-bond donors (Lipinski definition) is 1. The van der Waals surface area contributed by atoms with Crippen molar-refractivity contribution in [3.63, 3.8) is 0 Å². The lowest BCUT2D eigenvalue weighted by atomic mass is 10.1. The van der Waals surface area contributed by atoms with E-state index in [1.807, 2.05) is 11.7 Å². The lowest BCUT2D eigenvalue weighted by molar-refractivity contribution is 0.712. The molecular weight excluding hydrogens is 218 g/mol. The molecule has 0 aliphatic heterocycles. The zero-order valence-electron chi connectivity index (χ0n) is 9.90. The van der Waals surface area contributed by atoms with Gasteiger partial charge in [-0.1, -0.05) is 13.8 Å². The monoisotopic (exact) mass is 235 g/mol. The Balaban J connectivity index is 2.09. The molecule has 16 heavy (non-hydrogen) atoms. The third-order valence-electron chi connectivity index (χ3n) is 2.49. The van der Waals surface area contributed by atoms with Crippen molar-refractivity contribution < 1.29 is 0 Å². The molecule has 0 unspecified atom stereocenters. The molecule has 0 amide bonds. The van der Waals surface area contributed by atoms with E-state index >= 15 is 0 Å². The molecule has 0 aliphatic rings. The SMILES string of the molecule is CC(C)c1nn(C)cc1CNc1ccsc1. The molecule has 86 valence electrons. The van der Waals surface area contributed by atoms with Crippen LogP contribution < -0.4 is 5.32 Å². The van der Waals surface area contributed by atoms with Crippen molar-refractivity contribution >= 4 is 17.0 Å². The van der Waals surface area contributed by atoms with Crippen molar-refractivity contribution in [2.24, 2.45) is 7.05 Å². The van der Waals surface area contributed by atoms with Gasteiger partial charge in [-0.05, 0) is 17.4 Å². The third-order valence-corrected chi connectivity index (χ3v) is 3.17. The Morgan fingerprint density at radius 3 is 2.94 bits per heavy atom. The van der Waals surface area contributed by atoms with E-state index < -0.39 is 0 Å². The standard InChI is InChI=1S/C12H17N3S/c1-9(2)12-10(7-15(3)14-12)6-13-11-4-5-16-8-11/h4-5,7-9,13H,6H2,1-3H3. The summed E-state index contributed by atoms with van der Waals surface area (Å²) in [6.07, 6.45) is 2.09. The minimum absolute atomic E-state index is 0.473. The second-order valence-corrected chi connectivity index (χ2v) is 5.01. The molecule has 3 nitrogen and oxygen atoms in total. The van der Waals surface area contributed by atoms with Crippen LogP contribution in [-0.4, -0.2) is 9.78 Å². The summed E-state index contributed by atoms with van der Waals surface area (Å²) in [5, 5.41) is 12.1. The van der Waals surface area contributed by atoms with Gasteiger partial charge in [-0.3, -0.25) is 4.68 Å². The predicted molar refractivity (Wildman–Crippen MR) is 68.9 cm³/mol. The minimum atomic E-state index is 0.473. The van der Waals surface area contributed by atoms with Gasteiger partial charge in [0.1, 0.15) is 0 Å². The smallest absolute Gasteiger partial charge is 0.0699 e. The van der Waals surface area contributed by atoms with E-state index in [-0.39, 0.29) is 0 Å². The fourth-order valence-electron chi connectivity index (χ4n) is 1.74. The highest BCUT2D eigenvalue weighted by atomic mass is 32.1. The summed E-state index contributed by atoms with van der Waals surface area (Å²) in [5.41, 5.74) is 3.65. The normalized spacial score (nSPS) is 11.0. The summed E-state index contributed by atoms with van der Waals surface area (Å²) in [4.78, 5) is 0. The van der Waals surface area contributed by atoms with Crippen molar-refractivity contribution in [3.8, 4) is 0 Å². The molecule has 0 fully saturated rings. The van der Waals surface area contributed by atoms with Gasteiger partial charge in [0.05, 0.1) is 5.69 Å². The topological polar surface area (TPSA) is 29.9 Å². The van der Waals surface area contributed by atoms with Gasteiger partial charge in [0.25, 0.3) is 0 Å². The van der Waals surface area contributed by atoms with Crippen LogP contribution >= 0.6 is 11.3 Å². The zero-order chi connectivity index (χ0) is 11.5. The van der Waals surface area contributed by atoms with E-state index in [2.05, 4.69) is 47.3 Å². The second-order valence-electron chi connectivity index (χ2n) is 4.23. The van der Waals surface area contributed by atoms with E-state index in [9.17, 15) is 0 Å². The number of nitrogens with zero attached hydrogens (tertiary/aromatic N) is 2. The van der Waals surface area contributed by atoms with Crippen LogP contribution in [0.5, 0.6) is 0 Å². The predicted octanol–water partition coefficient (Wildman–Crippen LogP) is 3.22. The van der Waals surface area contributed by atoms with E-state index in [0.29, 0.717) is 5.92 Å². The average Bonchev–Trinajstić information content (AvgIpc) is 2.83. The Morgan fingerprint density at radius 1 is 1.50 bits per heavy atom. The number of thiophene rings is 1. The van der Waals surface area contributed by atoms with Gasteiger partial charge in [-0.2, -0.15) is 16.4 Å². The number of rotatable bonds is 4. The second kappa shape index (κ2) is 4.70. The third kappa shape index (κ3) is 2.44. The number of aromatic nitrogens is 2. The van der Waals surface area contributed by atoms with Gasteiger partial charge >= 0.3 is 0 Å². The van der Waals surface area contributed by atoms with Crippen LogP contribution in [-0.2, 0) is 13.6 Å². The maximum absolute atomic E-state index is 4.49. The van der Waals surface area contributed by atoms with Crippen LogP contribution in [0.4, 0.5) is 5.69 Å². The number of anilines is 1. The maximum Gasteiger partial charge on any atom is 0.0699 e. The molecule has 0 spiro atoms. The van der Waals surface area contributed by atoms with Crippen LogP contribution in [0.25, 0.3) is 0 Å². The van der Waals surface area contributed by atoms with Crippen molar-refractivity contribution in [1.29, 1.82) is 0 Å². The average molecular weight is 235 g/mol. The van der Waals surface area contributed by atoms with Gasteiger partial charge in [-0.25, -0.2) is 0 Å². The summed E-state index contributed by atoms with van der Waals surface area (Å²) < 4.78 is 1.89. The van der Waals surface area contributed by atoms with Crippen LogP contribution in [0, 0.1) is 0 Å². The summed E-state index contributed by atoms with van der Waals surface area (Å²) in [5.74, 6) is 0.473. The van der Waals surface area contributed by atoms with Crippen LogP contribution in [0.1, 0.15) is 31.0 Å². The Bertz CT molecular complexity index is 443. The zero-order valence-corrected chi connectivity index (χ0v) is 10.7. The molecule has 4 heteroatoms. The van der Waals surface area contributed by atoms with Crippen molar-refractivity contribution in [2.75, 3.05) is 5.32 Å². The first kappa shape index (κ1) is 11.2. The molecular formula is C12H17N3S. The highest BCUT2D eigenvalue weighted by molar-refractivity contribution is 7.08. The molecule has 0 atom stereocenters. The van der Waals surface area contributed by atoms with E-state index in [0.717, 1.165) is 6.54 Å². The van der Waals surface area contributed by atoms with Gasteiger partial charge in [0.2, 0.25) is 0 Å². The summed E-state index contributed by atoms with van der Waals surface area (Å²) >= 11 is 1.71. The van der Waals surface area contributed by atoms with E-state index in [1.54, 1.807) is 11.3 Å². The molecule has 0 radical (unpaired) electrons. The molecule has 2 aromatic rings. The Kier molecular flexibility index (Phi) is 3.29. The molecule has 0 aromatic carbocycles. The fraction of sp³-hybridized carbons (Fsp3) is 0.417. The largest absolute Gasteiger partial charge is 0.380 e. The van der Waals surface area contributed by atoms with Crippen molar-refractivity contribution in [2.45, 2.75) is 26.3 Å². The van der Waals surface area contributed by atoms with Gasteiger partial charge in [-0.15, -0.1) is 0 Å². The van der Waals surface area contributed by atoms with Crippen molar-refractivity contribution in [1.82, 2.24) is 9.78 Å². The molecule has 2 rings (SSSR count). The Labute approximate surface area is 100 Å². The molecule has 0 saturated carbocycles. The highest BCUT2D eigenvalue weighted by Crippen LogP contribution is 2.19. The molecule has 0 bridgehead atoms. The molecule has 0 saturated heterocycles. The minimum Gasteiger partial charge on any atom is -0.380 e. The van der Waals surface area contributed by atoms with E-state index in [1.165, 1.54) is 16.9 Å². The summed E-state index contributed by atoms with van der Waals surface area (Å²) in [7, 11) is 1.97. The van der Waals surface area contributed by atoms with Crippen molar-refractivity contribution in [3.05, 3.63) is 34.3 Å². The lowest BCUT2D eigenvalue weighted by Crippen LogP contribution is -2.01. The first-order valence-electron chi connectivity index (χ1n) is 5.45. The Morgan fingerprint density at radius 2 is 2.31 bits per heavy atom. The van der Waals surface area contributed by atoms with E-state index in [4.69, 9.17) is 0 Å². The van der Waals surface area contributed by atoms with Crippen LogP contribution in [0.2, 0.25) is 0 Å². The number of nitrogens with one attached hydrogen (secondary N) is 1. The Hall–Kier alpha value is -1.29. The molecule has 0 aliphatic carbocycles. The maximum atomic E-state index is 4.49. The lowest BCUT2D eigenvalue weighted by Gasteiger charge is -2.06. The van der Waals surface area contributed by atoms with Crippen LogP contribution in [0.3, 0.4) is 0 Å². The molecule has 2 aromatic heterocycles. The van der Waals surface area contributed by atoms with Crippen LogP contribution in [0.15, 0.2) is 23.0 Å². The molecule has 2 heterocycles. The first-order valence-corrected chi connectivity index (χ1v) is 6.39. The number of aryl methyl sites for hydroxylation is 1. The first-order chi connectivity index (χ1) is 7.66. The highest BCUT2D eigenvalue weighted by Gasteiger charge is 2.10. The fourth-order valence-corrected chi connectivity index (χ4v) is 2.35. The summed E-state index contributed by atoms with van der Waals surface area (Å²) in [6.45, 7) is 5.20. The summed E-state index contributed by atoms with van der Waals surface area (Å²) in [6, 6.07) is 2.09. The van der Waals surface area contributed by atoms with Gasteiger partial charge < -0.3 is 5.32 Å². The number of hydrogen-bond acceptors (Lipinski definition) is 3. The molecule has 1 N–H and O–H groups in total. The van der Waals surface area contributed by atoms with Gasteiger partial charge in [0, 0.05) is 36.4 Å².